The minimum Gasteiger partial charge on any atom is -0.467 e. The summed E-state index contributed by atoms with van der Waals surface area (Å²) in [6, 6.07) is 3.50. The molecule has 0 aliphatic carbocycles. The van der Waals surface area contributed by atoms with Crippen LogP contribution in [0.25, 0.3) is 0 Å². The van der Waals surface area contributed by atoms with Gasteiger partial charge in [-0.1, -0.05) is 0 Å². The summed E-state index contributed by atoms with van der Waals surface area (Å²) in [6.07, 6.45) is 5.70. The highest BCUT2D eigenvalue weighted by Crippen LogP contribution is 2.22. The number of nitrogens with two attached hydrogens (primary N) is 2. The van der Waals surface area contributed by atoms with E-state index in [1.807, 2.05) is 13.0 Å². The van der Waals surface area contributed by atoms with Crippen molar-refractivity contribution < 1.29 is 4.42 Å². The number of rotatable bonds is 3. The predicted octanol–water partition coefficient (Wildman–Crippen LogP) is 1.81. The van der Waals surface area contributed by atoms with Crippen LogP contribution in [0.5, 0.6) is 0 Å². The van der Waals surface area contributed by atoms with Gasteiger partial charge in [0.2, 0.25) is 0 Å². The van der Waals surface area contributed by atoms with Gasteiger partial charge in [-0.05, 0) is 36.6 Å². The Labute approximate surface area is 94.3 Å². The Morgan fingerprint density at radius 1 is 1.44 bits per heavy atom. The maximum atomic E-state index is 6.06. The number of pyridine rings is 1. The van der Waals surface area contributed by atoms with Crippen molar-refractivity contribution in [1.29, 1.82) is 0 Å². The number of furan rings is 1. The molecule has 0 bridgehead atoms. The standard InChI is InChI=1S/C12H15N3O/c1-8-3-5-16-12(8)11(14)6-9-7-15-4-2-10(9)13/h2-5,7,11H,6,14H2,1H3,(H2,13,15). The molecule has 0 spiro atoms. The molecule has 0 aliphatic rings. The van der Waals surface area contributed by atoms with Crippen LogP contribution in [-0.4, -0.2) is 4.98 Å². The fourth-order valence-electron chi connectivity index (χ4n) is 1.70. The summed E-state index contributed by atoms with van der Waals surface area (Å²) >= 11 is 0. The normalized spacial score (nSPS) is 12.6. The number of aromatic nitrogens is 1. The molecule has 0 aromatic carbocycles. The van der Waals surface area contributed by atoms with Crippen LogP contribution in [0, 0.1) is 6.92 Å². The van der Waals surface area contributed by atoms with Crippen LogP contribution in [-0.2, 0) is 6.42 Å². The molecule has 2 heterocycles. The molecule has 0 radical (unpaired) electrons. The fraction of sp³-hybridized carbons (Fsp3) is 0.250. The van der Waals surface area contributed by atoms with Gasteiger partial charge in [0.25, 0.3) is 0 Å². The topological polar surface area (TPSA) is 78.1 Å². The summed E-state index contributed by atoms with van der Waals surface area (Å²) in [7, 11) is 0. The van der Waals surface area contributed by atoms with E-state index in [9.17, 15) is 0 Å². The molecule has 1 atom stereocenters. The molecule has 0 aliphatic heterocycles. The van der Waals surface area contributed by atoms with Gasteiger partial charge in [0, 0.05) is 18.1 Å². The largest absolute Gasteiger partial charge is 0.467 e. The second-order valence-electron chi connectivity index (χ2n) is 3.85. The Bertz CT molecular complexity index is 479. The number of anilines is 1. The summed E-state index contributed by atoms with van der Waals surface area (Å²) in [5.74, 6) is 0.809. The molecule has 4 nitrogen and oxygen atoms in total. The Kier molecular flexibility index (Phi) is 2.92. The van der Waals surface area contributed by atoms with E-state index in [0.717, 1.165) is 22.6 Å². The number of hydrogen-bond donors (Lipinski definition) is 2. The minimum absolute atomic E-state index is 0.179. The molecule has 0 fully saturated rings. The van der Waals surface area contributed by atoms with Gasteiger partial charge in [-0.15, -0.1) is 0 Å². The number of nitrogens with zero attached hydrogens (tertiary/aromatic N) is 1. The van der Waals surface area contributed by atoms with Crippen LogP contribution >= 0.6 is 0 Å². The first kappa shape index (κ1) is 10.7. The van der Waals surface area contributed by atoms with Crippen LogP contribution in [0.4, 0.5) is 5.69 Å². The van der Waals surface area contributed by atoms with E-state index in [4.69, 9.17) is 15.9 Å². The summed E-state index contributed by atoms with van der Waals surface area (Å²) in [4.78, 5) is 4.04. The molecule has 4 N–H and O–H groups in total. The van der Waals surface area contributed by atoms with Gasteiger partial charge in [0.15, 0.2) is 0 Å². The van der Waals surface area contributed by atoms with Gasteiger partial charge >= 0.3 is 0 Å². The summed E-state index contributed by atoms with van der Waals surface area (Å²) in [5.41, 5.74) is 14.6. The Hall–Kier alpha value is -1.81. The molecule has 2 aromatic heterocycles. The fourth-order valence-corrected chi connectivity index (χ4v) is 1.70. The van der Waals surface area contributed by atoms with E-state index in [1.165, 1.54) is 0 Å². The van der Waals surface area contributed by atoms with Gasteiger partial charge < -0.3 is 15.9 Å². The molecular formula is C12H15N3O. The molecule has 2 rings (SSSR count). The minimum atomic E-state index is -0.179. The van der Waals surface area contributed by atoms with E-state index >= 15 is 0 Å². The van der Waals surface area contributed by atoms with Crippen LogP contribution in [0.15, 0.2) is 35.2 Å². The monoisotopic (exact) mass is 217 g/mol. The lowest BCUT2D eigenvalue weighted by Gasteiger charge is -2.11. The van der Waals surface area contributed by atoms with Crippen molar-refractivity contribution in [3.05, 3.63) is 47.7 Å². The van der Waals surface area contributed by atoms with Crippen molar-refractivity contribution in [2.75, 3.05) is 5.73 Å². The van der Waals surface area contributed by atoms with Gasteiger partial charge in [-0.3, -0.25) is 4.98 Å². The third kappa shape index (κ3) is 2.06. The van der Waals surface area contributed by atoms with E-state index in [0.29, 0.717) is 6.42 Å². The zero-order valence-corrected chi connectivity index (χ0v) is 9.18. The average Bonchev–Trinajstić information content (AvgIpc) is 2.68. The third-order valence-corrected chi connectivity index (χ3v) is 2.62. The van der Waals surface area contributed by atoms with Crippen molar-refractivity contribution in [3.63, 3.8) is 0 Å². The quantitative estimate of drug-likeness (QED) is 0.821. The SMILES string of the molecule is Cc1ccoc1C(N)Cc1cnccc1N. The summed E-state index contributed by atoms with van der Waals surface area (Å²) in [5, 5.41) is 0. The highest BCUT2D eigenvalue weighted by molar-refractivity contribution is 5.45. The molecular weight excluding hydrogens is 202 g/mol. The number of aryl methyl sites for hydroxylation is 1. The highest BCUT2D eigenvalue weighted by atomic mass is 16.3. The van der Waals surface area contributed by atoms with Gasteiger partial charge in [0.05, 0.1) is 12.3 Å². The number of hydrogen-bond acceptors (Lipinski definition) is 4. The smallest absolute Gasteiger partial charge is 0.123 e. The Morgan fingerprint density at radius 3 is 2.88 bits per heavy atom. The maximum Gasteiger partial charge on any atom is 0.123 e. The van der Waals surface area contributed by atoms with Crippen molar-refractivity contribution in [1.82, 2.24) is 4.98 Å². The van der Waals surface area contributed by atoms with Crippen LogP contribution in [0.2, 0.25) is 0 Å². The Balaban J connectivity index is 2.17. The second-order valence-corrected chi connectivity index (χ2v) is 3.85. The summed E-state index contributed by atoms with van der Waals surface area (Å²) < 4.78 is 5.35. The van der Waals surface area contributed by atoms with Crippen LogP contribution in [0.3, 0.4) is 0 Å². The van der Waals surface area contributed by atoms with Gasteiger partial charge in [-0.2, -0.15) is 0 Å². The second kappa shape index (κ2) is 4.37. The van der Waals surface area contributed by atoms with E-state index in [2.05, 4.69) is 4.98 Å². The van der Waals surface area contributed by atoms with Crippen LogP contribution in [0.1, 0.15) is 22.9 Å². The van der Waals surface area contributed by atoms with Crippen molar-refractivity contribution >= 4 is 5.69 Å². The highest BCUT2D eigenvalue weighted by Gasteiger charge is 2.14. The van der Waals surface area contributed by atoms with Crippen molar-refractivity contribution in [2.24, 2.45) is 5.73 Å². The lowest BCUT2D eigenvalue weighted by Crippen LogP contribution is -2.14. The molecule has 16 heavy (non-hydrogen) atoms. The molecule has 2 aromatic rings. The molecule has 0 amide bonds. The molecule has 0 saturated carbocycles. The third-order valence-electron chi connectivity index (χ3n) is 2.62. The summed E-state index contributed by atoms with van der Waals surface area (Å²) in [6.45, 7) is 1.98. The first-order valence-corrected chi connectivity index (χ1v) is 5.16. The number of nitrogen functional groups attached to an aromatic ring is 1. The van der Waals surface area contributed by atoms with Gasteiger partial charge in [-0.25, -0.2) is 0 Å². The lowest BCUT2D eigenvalue weighted by atomic mass is 10.0. The first-order valence-electron chi connectivity index (χ1n) is 5.16. The van der Waals surface area contributed by atoms with E-state index in [1.54, 1.807) is 24.7 Å². The molecule has 4 heteroatoms. The van der Waals surface area contributed by atoms with Crippen LogP contribution < -0.4 is 11.5 Å². The average molecular weight is 217 g/mol. The predicted molar refractivity (Wildman–Crippen MR) is 62.7 cm³/mol. The molecule has 0 saturated heterocycles. The van der Waals surface area contributed by atoms with E-state index < -0.39 is 0 Å². The van der Waals surface area contributed by atoms with Gasteiger partial charge in [0.1, 0.15) is 5.76 Å². The zero-order valence-electron chi connectivity index (χ0n) is 9.18. The first-order chi connectivity index (χ1) is 7.68. The zero-order chi connectivity index (χ0) is 11.5. The lowest BCUT2D eigenvalue weighted by molar-refractivity contribution is 0.461. The van der Waals surface area contributed by atoms with Crippen molar-refractivity contribution in [3.8, 4) is 0 Å². The maximum absolute atomic E-state index is 6.06. The molecule has 1 unspecified atom stereocenters. The van der Waals surface area contributed by atoms with E-state index in [-0.39, 0.29) is 6.04 Å². The Morgan fingerprint density at radius 2 is 2.25 bits per heavy atom. The van der Waals surface area contributed by atoms with Crippen molar-refractivity contribution in [2.45, 2.75) is 19.4 Å². The molecule has 84 valence electrons.